The van der Waals surface area contributed by atoms with Gasteiger partial charge in [0.15, 0.2) is 0 Å². The summed E-state index contributed by atoms with van der Waals surface area (Å²) in [4.78, 5) is 12.0. The van der Waals surface area contributed by atoms with Crippen molar-refractivity contribution in [3.8, 4) is 0 Å². The fourth-order valence-corrected chi connectivity index (χ4v) is 4.07. The third-order valence-corrected chi connectivity index (χ3v) is 5.19. The first-order chi connectivity index (χ1) is 9.63. The first kappa shape index (κ1) is 13.8. The van der Waals surface area contributed by atoms with E-state index in [0.717, 1.165) is 22.0 Å². The van der Waals surface area contributed by atoms with Crippen molar-refractivity contribution in [3.63, 3.8) is 0 Å². The summed E-state index contributed by atoms with van der Waals surface area (Å²) in [5.41, 5.74) is 4.40. The second kappa shape index (κ2) is 5.68. The Kier molecular flexibility index (Phi) is 3.92. The van der Waals surface area contributed by atoms with Gasteiger partial charge in [0.2, 0.25) is 0 Å². The Morgan fingerprint density at radius 1 is 1.35 bits per heavy atom. The maximum Gasteiger partial charge on any atom is 0.271 e. The van der Waals surface area contributed by atoms with Crippen molar-refractivity contribution in [3.05, 3.63) is 34.3 Å². The molecule has 2 bridgehead atoms. The minimum Gasteiger partial charge on any atom is -0.267 e. The van der Waals surface area contributed by atoms with E-state index in [1.54, 1.807) is 12.1 Å². The van der Waals surface area contributed by atoms with E-state index < -0.39 is 0 Å². The fourth-order valence-electron chi connectivity index (χ4n) is 3.67. The topological polar surface area (TPSA) is 41.5 Å². The SMILES string of the molecule is CC(=NNC(=O)c1cccc(Br)c1)[C@H]1C[C@H]2CC[C@H]1C2. The number of amides is 1. The first-order valence-corrected chi connectivity index (χ1v) is 8.03. The third-order valence-electron chi connectivity index (χ3n) is 4.70. The van der Waals surface area contributed by atoms with Gasteiger partial charge in [0, 0.05) is 21.7 Å². The van der Waals surface area contributed by atoms with E-state index in [-0.39, 0.29) is 5.91 Å². The van der Waals surface area contributed by atoms with Gasteiger partial charge in [0.25, 0.3) is 5.91 Å². The van der Waals surface area contributed by atoms with Crippen molar-refractivity contribution in [2.75, 3.05) is 0 Å². The van der Waals surface area contributed by atoms with Gasteiger partial charge in [-0.1, -0.05) is 28.4 Å². The number of hydrogen-bond acceptors (Lipinski definition) is 2. The number of rotatable bonds is 3. The van der Waals surface area contributed by atoms with Gasteiger partial charge in [-0.25, -0.2) is 5.43 Å². The quantitative estimate of drug-likeness (QED) is 0.659. The zero-order valence-electron chi connectivity index (χ0n) is 11.6. The summed E-state index contributed by atoms with van der Waals surface area (Å²) in [6.07, 6.45) is 5.34. The molecular weight excluding hydrogens is 316 g/mol. The lowest BCUT2D eigenvalue weighted by Crippen LogP contribution is -2.24. The second-order valence-electron chi connectivity index (χ2n) is 5.99. The molecule has 1 aromatic carbocycles. The van der Waals surface area contributed by atoms with Crippen molar-refractivity contribution in [1.82, 2.24) is 5.43 Å². The Bertz CT molecular complexity index is 555. The summed E-state index contributed by atoms with van der Waals surface area (Å²) in [5.74, 6) is 2.13. The average molecular weight is 335 g/mol. The van der Waals surface area contributed by atoms with Crippen LogP contribution in [-0.4, -0.2) is 11.6 Å². The zero-order chi connectivity index (χ0) is 14.1. The van der Waals surface area contributed by atoms with Gasteiger partial charge in [0.1, 0.15) is 0 Å². The molecule has 1 aromatic rings. The molecule has 0 saturated heterocycles. The molecule has 3 rings (SSSR count). The molecule has 3 nitrogen and oxygen atoms in total. The van der Waals surface area contributed by atoms with Gasteiger partial charge >= 0.3 is 0 Å². The van der Waals surface area contributed by atoms with E-state index in [1.807, 2.05) is 19.1 Å². The molecule has 4 heteroatoms. The molecule has 0 heterocycles. The van der Waals surface area contributed by atoms with Gasteiger partial charge in [0.05, 0.1) is 0 Å². The minimum absolute atomic E-state index is 0.145. The molecular formula is C16H19BrN2O. The summed E-state index contributed by atoms with van der Waals surface area (Å²) >= 11 is 3.37. The lowest BCUT2D eigenvalue weighted by molar-refractivity contribution is 0.0954. The highest BCUT2D eigenvalue weighted by atomic mass is 79.9. The predicted molar refractivity (Wildman–Crippen MR) is 83.7 cm³/mol. The van der Waals surface area contributed by atoms with Gasteiger partial charge < -0.3 is 0 Å². The molecule has 2 saturated carbocycles. The standard InChI is InChI=1S/C16H19BrN2O/c1-10(15-8-11-5-6-12(15)7-11)18-19-16(20)13-3-2-4-14(17)9-13/h2-4,9,11-12,15H,5-8H2,1H3,(H,19,20)/t11-,12-,15+/m0/s1. The van der Waals surface area contributed by atoms with E-state index in [4.69, 9.17) is 0 Å². The molecule has 20 heavy (non-hydrogen) atoms. The molecule has 3 atom stereocenters. The Labute approximate surface area is 128 Å². The summed E-state index contributed by atoms with van der Waals surface area (Å²) in [6.45, 7) is 2.05. The Morgan fingerprint density at radius 3 is 2.85 bits per heavy atom. The normalized spacial score (nSPS) is 28.7. The fraction of sp³-hybridized carbons (Fsp3) is 0.500. The van der Waals surface area contributed by atoms with Crippen LogP contribution >= 0.6 is 15.9 Å². The Hall–Kier alpha value is -1.16. The molecule has 0 aliphatic heterocycles. The maximum absolute atomic E-state index is 12.0. The number of carbonyl (C=O) groups is 1. The van der Waals surface area contributed by atoms with Crippen LogP contribution in [0.5, 0.6) is 0 Å². The molecule has 0 unspecified atom stereocenters. The van der Waals surface area contributed by atoms with Crippen LogP contribution in [0, 0.1) is 17.8 Å². The second-order valence-corrected chi connectivity index (χ2v) is 6.90. The number of nitrogens with zero attached hydrogens (tertiary/aromatic N) is 1. The number of benzene rings is 1. The highest BCUT2D eigenvalue weighted by Crippen LogP contribution is 2.48. The van der Waals surface area contributed by atoms with Crippen LogP contribution in [0.15, 0.2) is 33.8 Å². The molecule has 1 N–H and O–H groups in total. The third kappa shape index (κ3) is 2.80. The van der Waals surface area contributed by atoms with Crippen molar-refractivity contribution < 1.29 is 4.79 Å². The first-order valence-electron chi connectivity index (χ1n) is 7.23. The summed E-state index contributed by atoms with van der Waals surface area (Å²) < 4.78 is 0.902. The monoisotopic (exact) mass is 334 g/mol. The van der Waals surface area contributed by atoms with E-state index in [0.29, 0.717) is 11.5 Å². The summed E-state index contributed by atoms with van der Waals surface area (Å²) in [5, 5.41) is 4.33. The minimum atomic E-state index is -0.145. The van der Waals surface area contributed by atoms with Gasteiger partial charge in [-0.15, -0.1) is 0 Å². The van der Waals surface area contributed by atoms with Gasteiger partial charge in [-0.2, -0.15) is 5.10 Å². The van der Waals surface area contributed by atoms with E-state index in [1.165, 1.54) is 25.7 Å². The molecule has 0 spiro atoms. The zero-order valence-corrected chi connectivity index (χ0v) is 13.2. The van der Waals surface area contributed by atoms with Crippen LogP contribution in [0.3, 0.4) is 0 Å². The maximum atomic E-state index is 12.0. The van der Waals surface area contributed by atoms with Crippen molar-refractivity contribution in [1.29, 1.82) is 0 Å². The lowest BCUT2D eigenvalue weighted by atomic mass is 9.86. The number of nitrogens with one attached hydrogen (secondary N) is 1. The van der Waals surface area contributed by atoms with Crippen LogP contribution in [0.1, 0.15) is 43.0 Å². The van der Waals surface area contributed by atoms with E-state index in [9.17, 15) is 4.79 Å². The van der Waals surface area contributed by atoms with Crippen LogP contribution in [0.4, 0.5) is 0 Å². The molecule has 2 aliphatic carbocycles. The molecule has 2 aliphatic rings. The van der Waals surface area contributed by atoms with Crippen molar-refractivity contribution in [2.45, 2.75) is 32.6 Å². The number of fused-ring (bicyclic) bond motifs is 2. The number of hydrogen-bond donors (Lipinski definition) is 1. The predicted octanol–water partition coefficient (Wildman–Crippen LogP) is 3.99. The number of halogens is 1. The molecule has 0 radical (unpaired) electrons. The van der Waals surface area contributed by atoms with Gasteiger partial charge in [-0.05, 0) is 56.2 Å². The van der Waals surface area contributed by atoms with E-state index in [2.05, 4.69) is 26.5 Å². The molecule has 2 fully saturated rings. The Balaban J connectivity index is 1.63. The smallest absolute Gasteiger partial charge is 0.267 e. The van der Waals surface area contributed by atoms with Crippen LogP contribution in [-0.2, 0) is 0 Å². The van der Waals surface area contributed by atoms with E-state index >= 15 is 0 Å². The number of hydrazone groups is 1. The molecule has 106 valence electrons. The van der Waals surface area contributed by atoms with Crippen molar-refractivity contribution in [2.24, 2.45) is 22.9 Å². The summed E-state index contributed by atoms with van der Waals surface area (Å²) in [7, 11) is 0. The van der Waals surface area contributed by atoms with Crippen LogP contribution in [0.2, 0.25) is 0 Å². The molecule has 0 aromatic heterocycles. The highest BCUT2D eigenvalue weighted by molar-refractivity contribution is 9.10. The van der Waals surface area contributed by atoms with Crippen LogP contribution < -0.4 is 5.43 Å². The summed E-state index contributed by atoms with van der Waals surface area (Å²) in [6, 6.07) is 7.35. The van der Waals surface area contributed by atoms with Crippen molar-refractivity contribution >= 4 is 27.5 Å². The van der Waals surface area contributed by atoms with Crippen LogP contribution in [0.25, 0.3) is 0 Å². The lowest BCUT2D eigenvalue weighted by Gasteiger charge is -2.21. The number of carbonyl (C=O) groups excluding carboxylic acids is 1. The largest absolute Gasteiger partial charge is 0.271 e. The van der Waals surface area contributed by atoms with Gasteiger partial charge in [-0.3, -0.25) is 4.79 Å². The Morgan fingerprint density at radius 2 is 2.20 bits per heavy atom. The average Bonchev–Trinajstić information content (AvgIpc) is 3.07. The highest BCUT2D eigenvalue weighted by Gasteiger charge is 2.40. The molecule has 1 amide bonds.